The Balaban J connectivity index is 1.89. The van der Waals surface area contributed by atoms with E-state index in [0.29, 0.717) is 19.1 Å². The number of hydrogen-bond donors (Lipinski definition) is 3. The molecule has 0 saturated carbocycles. The Morgan fingerprint density at radius 1 is 1.33 bits per heavy atom. The van der Waals surface area contributed by atoms with Crippen molar-refractivity contribution in [2.75, 3.05) is 52.2 Å². The molecule has 150 valence electrons. The van der Waals surface area contributed by atoms with Crippen LogP contribution in [0.5, 0.6) is 0 Å². The molecule has 8 heteroatoms. The second-order valence-electron chi connectivity index (χ2n) is 6.94. The van der Waals surface area contributed by atoms with E-state index in [1.54, 1.807) is 7.05 Å². The molecule has 0 bridgehead atoms. The van der Waals surface area contributed by atoms with Gasteiger partial charge in [0.1, 0.15) is 5.82 Å². The third-order valence-corrected chi connectivity index (χ3v) is 4.57. The van der Waals surface area contributed by atoms with Crippen molar-refractivity contribution >= 4 is 17.7 Å². The number of rotatable bonds is 7. The van der Waals surface area contributed by atoms with Gasteiger partial charge in [0.05, 0.1) is 18.8 Å². The van der Waals surface area contributed by atoms with Crippen molar-refractivity contribution in [3.8, 4) is 0 Å². The first kappa shape index (κ1) is 21.0. The first-order chi connectivity index (χ1) is 13.0. The SMILES string of the molecule is CCNC(=NCc1cccc(N(C)C)n1)NC1CCN(CC(=O)NC)CC1. The predicted octanol–water partition coefficient (Wildman–Crippen LogP) is 0.413. The van der Waals surface area contributed by atoms with Gasteiger partial charge in [-0.1, -0.05) is 6.07 Å². The third-order valence-electron chi connectivity index (χ3n) is 4.57. The number of nitrogens with zero attached hydrogens (tertiary/aromatic N) is 4. The average molecular weight is 376 g/mol. The molecule has 1 aliphatic heterocycles. The van der Waals surface area contributed by atoms with Gasteiger partial charge in [-0.25, -0.2) is 9.98 Å². The van der Waals surface area contributed by atoms with Crippen LogP contribution in [0, 0.1) is 0 Å². The van der Waals surface area contributed by atoms with E-state index >= 15 is 0 Å². The summed E-state index contributed by atoms with van der Waals surface area (Å²) in [7, 11) is 5.65. The maximum atomic E-state index is 11.5. The lowest BCUT2D eigenvalue weighted by atomic mass is 10.1. The molecule has 3 N–H and O–H groups in total. The van der Waals surface area contributed by atoms with Gasteiger partial charge >= 0.3 is 0 Å². The number of guanidine groups is 1. The summed E-state index contributed by atoms with van der Waals surface area (Å²) in [4.78, 5) is 25.0. The van der Waals surface area contributed by atoms with Crippen molar-refractivity contribution in [3.63, 3.8) is 0 Å². The molecule has 1 saturated heterocycles. The summed E-state index contributed by atoms with van der Waals surface area (Å²) in [6.45, 7) is 5.71. The van der Waals surface area contributed by atoms with E-state index < -0.39 is 0 Å². The minimum absolute atomic E-state index is 0.0729. The van der Waals surface area contributed by atoms with Crippen LogP contribution in [0.2, 0.25) is 0 Å². The molecule has 1 aromatic heterocycles. The van der Waals surface area contributed by atoms with E-state index in [1.807, 2.05) is 37.2 Å². The summed E-state index contributed by atoms with van der Waals surface area (Å²) in [5.41, 5.74) is 0.943. The van der Waals surface area contributed by atoms with Crippen LogP contribution in [0.3, 0.4) is 0 Å². The van der Waals surface area contributed by atoms with Crippen molar-refractivity contribution in [2.45, 2.75) is 32.4 Å². The minimum Gasteiger partial charge on any atom is -0.363 e. The fraction of sp³-hybridized carbons (Fsp3) is 0.632. The standard InChI is InChI=1S/C19H33N7O/c1-5-21-19(22-13-16-7-6-8-17(23-16)25(3)4)24-15-9-11-26(12-10-15)14-18(27)20-2/h6-8,15H,5,9-14H2,1-4H3,(H,20,27)(H2,21,22,24). The topological polar surface area (TPSA) is 84.9 Å². The van der Waals surface area contributed by atoms with Crippen LogP contribution in [0.15, 0.2) is 23.2 Å². The van der Waals surface area contributed by atoms with Gasteiger partial charge in [-0.2, -0.15) is 0 Å². The highest BCUT2D eigenvalue weighted by Gasteiger charge is 2.21. The van der Waals surface area contributed by atoms with E-state index in [0.717, 1.165) is 49.9 Å². The number of pyridine rings is 1. The molecule has 2 rings (SSSR count). The number of likely N-dealkylation sites (tertiary alicyclic amines) is 1. The van der Waals surface area contributed by atoms with Gasteiger partial charge in [0.25, 0.3) is 0 Å². The van der Waals surface area contributed by atoms with E-state index in [-0.39, 0.29) is 5.91 Å². The maximum absolute atomic E-state index is 11.5. The first-order valence-electron chi connectivity index (χ1n) is 9.62. The molecule has 27 heavy (non-hydrogen) atoms. The quantitative estimate of drug-likeness (QED) is 0.473. The number of nitrogens with one attached hydrogen (secondary N) is 3. The Bertz CT molecular complexity index is 624. The fourth-order valence-corrected chi connectivity index (χ4v) is 3.00. The fourth-order valence-electron chi connectivity index (χ4n) is 3.00. The van der Waals surface area contributed by atoms with Gasteiger partial charge in [0, 0.05) is 46.8 Å². The van der Waals surface area contributed by atoms with Crippen LogP contribution in [-0.4, -0.2) is 75.1 Å². The number of aliphatic imine (C=N–C) groups is 1. The number of hydrogen-bond acceptors (Lipinski definition) is 5. The zero-order valence-electron chi connectivity index (χ0n) is 17.0. The summed E-state index contributed by atoms with van der Waals surface area (Å²) >= 11 is 0. The van der Waals surface area contributed by atoms with Gasteiger partial charge in [-0.05, 0) is 31.9 Å². The van der Waals surface area contributed by atoms with Crippen molar-refractivity contribution in [2.24, 2.45) is 4.99 Å². The Morgan fingerprint density at radius 2 is 2.07 bits per heavy atom. The number of amides is 1. The molecule has 0 radical (unpaired) electrons. The summed E-state index contributed by atoms with van der Waals surface area (Å²) in [5.74, 6) is 1.83. The van der Waals surface area contributed by atoms with Crippen LogP contribution in [0.1, 0.15) is 25.5 Å². The lowest BCUT2D eigenvalue weighted by Crippen LogP contribution is -2.50. The number of carbonyl (C=O) groups is 1. The highest BCUT2D eigenvalue weighted by Crippen LogP contribution is 2.11. The summed E-state index contributed by atoms with van der Waals surface area (Å²) in [6, 6.07) is 6.36. The van der Waals surface area contributed by atoms with Crippen LogP contribution in [-0.2, 0) is 11.3 Å². The monoisotopic (exact) mass is 375 g/mol. The highest BCUT2D eigenvalue weighted by molar-refractivity contribution is 5.80. The molecule has 8 nitrogen and oxygen atoms in total. The summed E-state index contributed by atoms with van der Waals surface area (Å²) in [5, 5.41) is 9.52. The molecule has 1 aliphatic rings. The van der Waals surface area contributed by atoms with Crippen molar-refractivity contribution in [3.05, 3.63) is 23.9 Å². The smallest absolute Gasteiger partial charge is 0.233 e. The second kappa shape index (κ2) is 10.7. The molecular weight excluding hydrogens is 342 g/mol. The van der Waals surface area contributed by atoms with Gasteiger partial charge in [0.15, 0.2) is 5.96 Å². The zero-order valence-corrected chi connectivity index (χ0v) is 17.0. The Morgan fingerprint density at radius 3 is 2.70 bits per heavy atom. The normalized spacial score (nSPS) is 16.1. The Labute approximate surface area is 162 Å². The third kappa shape index (κ3) is 7.05. The summed E-state index contributed by atoms with van der Waals surface area (Å²) in [6.07, 6.45) is 1.99. The molecule has 2 heterocycles. The average Bonchev–Trinajstić information content (AvgIpc) is 2.68. The maximum Gasteiger partial charge on any atom is 0.233 e. The van der Waals surface area contributed by atoms with Crippen molar-refractivity contribution < 1.29 is 4.79 Å². The van der Waals surface area contributed by atoms with Crippen LogP contribution >= 0.6 is 0 Å². The molecule has 0 aliphatic carbocycles. The van der Waals surface area contributed by atoms with E-state index in [2.05, 4.69) is 32.8 Å². The number of likely N-dealkylation sites (N-methyl/N-ethyl adjacent to an activating group) is 1. The molecule has 1 fully saturated rings. The number of carbonyl (C=O) groups excluding carboxylic acids is 1. The molecule has 0 aromatic carbocycles. The molecule has 0 spiro atoms. The second-order valence-corrected chi connectivity index (χ2v) is 6.94. The molecule has 1 aromatic rings. The summed E-state index contributed by atoms with van der Waals surface area (Å²) < 4.78 is 0. The molecule has 0 atom stereocenters. The van der Waals surface area contributed by atoms with Crippen molar-refractivity contribution in [1.29, 1.82) is 0 Å². The molecule has 0 unspecified atom stereocenters. The minimum atomic E-state index is 0.0729. The van der Waals surface area contributed by atoms with Crippen molar-refractivity contribution in [1.82, 2.24) is 25.8 Å². The zero-order chi connectivity index (χ0) is 19.6. The van der Waals surface area contributed by atoms with Gasteiger partial charge in [-0.3, -0.25) is 9.69 Å². The number of aromatic nitrogens is 1. The van der Waals surface area contributed by atoms with Gasteiger partial charge in [0.2, 0.25) is 5.91 Å². The number of anilines is 1. The first-order valence-corrected chi connectivity index (χ1v) is 9.62. The lowest BCUT2D eigenvalue weighted by Gasteiger charge is -2.32. The Hall–Kier alpha value is -2.35. The predicted molar refractivity (Wildman–Crippen MR) is 110 cm³/mol. The Kier molecular flexibility index (Phi) is 8.32. The van der Waals surface area contributed by atoms with Crippen LogP contribution < -0.4 is 20.9 Å². The van der Waals surface area contributed by atoms with Gasteiger partial charge in [-0.15, -0.1) is 0 Å². The van der Waals surface area contributed by atoms with Crippen LogP contribution in [0.4, 0.5) is 5.82 Å². The largest absolute Gasteiger partial charge is 0.363 e. The van der Waals surface area contributed by atoms with E-state index in [1.165, 1.54) is 0 Å². The molecular formula is C19H33N7O. The van der Waals surface area contributed by atoms with E-state index in [9.17, 15) is 4.79 Å². The van der Waals surface area contributed by atoms with Gasteiger partial charge < -0.3 is 20.9 Å². The van der Waals surface area contributed by atoms with Crippen LogP contribution in [0.25, 0.3) is 0 Å². The molecule has 1 amide bonds. The number of piperidine rings is 1. The van der Waals surface area contributed by atoms with E-state index in [4.69, 9.17) is 4.99 Å². The lowest BCUT2D eigenvalue weighted by molar-refractivity contribution is -0.122. The highest BCUT2D eigenvalue weighted by atomic mass is 16.1.